The Hall–Kier alpha value is -4.55. The Labute approximate surface area is 273 Å². The summed E-state index contributed by atoms with van der Waals surface area (Å²) in [5, 5.41) is 10.0. The number of hydrogen-bond donors (Lipinski definition) is 3. The van der Waals surface area contributed by atoms with E-state index in [0.29, 0.717) is 23.1 Å². The Kier molecular flexibility index (Phi) is 9.88. The number of nitrogens with one attached hydrogen (secondary N) is 3. The van der Waals surface area contributed by atoms with Gasteiger partial charge in [-0.3, -0.25) is 14.4 Å². The topological polar surface area (TPSA) is 87.3 Å². The van der Waals surface area contributed by atoms with E-state index >= 15 is 0 Å². The van der Waals surface area contributed by atoms with Crippen molar-refractivity contribution < 1.29 is 14.4 Å². The van der Waals surface area contributed by atoms with Crippen LogP contribution in [0.3, 0.4) is 0 Å². The summed E-state index contributed by atoms with van der Waals surface area (Å²) in [5.41, 5.74) is 4.72. The van der Waals surface area contributed by atoms with Gasteiger partial charge in [-0.1, -0.05) is 103 Å². The molecule has 0 saturated carbocycles. The fourth-order valence-corrected chi connectivity index (χ4v) is 6.79. The van der Waals surface area contributed by atoms with Gasteiger partial charge in [0.05, 0.1) is 5.92 Å². The molecule has 1 aliphatic rings. The largest absolute Gasteiger partial charge is 0.351 e. The number of carbonyl (C=O) groups is 3. The minimum atomic E-state index is -0.771. The lowest BCUT2D eigenvalue weighted by molar-refractivity contribution is -0.130. The monoisotopic (exact) mass is 615 g/mol. The van der Waals surface area contributed by atoms with Crippen molar-refractivity contribution >= 4 is 17.6 Å². The molecule has 6 nitrogen and oxygen atoms in total. The maximum absolute atomic E-state index is 13.9. The Morgan fingerprint density at radius 3 is 1.91 bits per heavy atom. The van der Waals surface area contributed by atoms with E-state index in [1.807, 2.05) is 61.5 Å². The van der Waals surface area contributed by atoms with Crippen molar-refractivity contribution in [1.82, 2.24) is 16.0 Å². The van der Waals surface area contributed by atoms with Gasteiger partial charge in [-0.25, -0.2) is 0 Å². The standard InChI is InChI=1S/C40H45N3O3/c1-27(32-17-12-18-33(24-32)36(44)31-15-10-7-11-16-31)37(45)42-35(38(46)41-34-25-39(2,3)43-40(4,5)26-34)23-28-19-21-30(22-20-28)29-13-8-6-9-14-29/h6-22,24,27,34-35,43H,23,25-26H2,1-5H3,(H,41,46)(H,42,45). The molecule has 0 aromatic heterocycles. The zero-order valence-electron chi connectivity index (χ0n) is 27.5. The lowest BCUT2D eigenvalue weighted by atomic mass is 9.79. The van der Waals surface area contributed by atoms with Crippen LogP contribution in [-0.2, 0) is 16.0 Å². The normalized spacial score (nSPS) is 17.0. The SMILES string of the molecule is CC(C(=O)NC(Cc1ccc(-c2ccccc2)cc1)C(=O)NC1CC(C)(C)NC(C)(C)C1)c1cccc(C(=O)c2ccccc2)c1. The Balaban J connectivity index is 1.35. The van der Waals surface area contributed by atoms with Gasteiger partial charge >= 0.3 is 0 Å². The molecular weight excluding hydrogens is 570 g/mol. The summed E-state index contributed by atoms with van der Waals surface area (Å²) < 4.78 is 0. The maximum atomic E-state index is 13.9. The molecule has 4 aromatic carbocycles. The number of piperidine rings is 1. The fraction of sp³-hybridized carbons (Fsp3) is 0.325. The highest BCUT2D eigenvalue weighted by atomic mass is 16.2. The summed E-state index contributed by atoms with van der Waals surface area (Å²) in [6.45, 7) is 10.4. The fourth-order valence-electron chi connectivity index (χ4n) is 6.79. The molecule has 2 unspecified atom stereocenters. The molecule has 0 bridgehead atoms. The molecule has 3 N–H and O–H groups in total. The van der Waals surface area contributed by atoms with Gasteiger partial charge in [-0.15, -0.1) is 0 Å². The van der Waals surface area contributed by atoms with E-state index in [1.165, 1.54) is 0 Å². The molecule has 46 heavy (non-hydrogen) atoms. The summed E-state index contributed by atoms with van der Waals surface area (Å²) >= 11 is 0. The first kappa shape index (κ1) is 32.8. The van der Waals surface area contributed by atoms with Gasteiger partial charge in [0.2, 0.25) is 11.8 Å². The van der Waals surface area contributed by atoms with Crippen molar-refractivity contribution in [3.8, 4) is 11.1 Å². The van der Waals surface area contributed by atoms with Crippen LogP contribution in [0, 0.1) is 0 Å². The van der Waals surface area contributed by atoms with Crippen molar-refractivity contribution in [3.63, 3.8) is 0 Å². The molecule has 0 radical (unpaired) electrons. The molecule has 0 spiro atoms. The van der Waals surface area contributed by atoms with E-state index in [1.54, 1.807) is 30.3 Å². The van der Waals surface area contributed by atoms with Crippen LogP contribution in [-0.4, -0.2) is 40.8 Å². The zero-order valence-corrected chi connectivity index (χ0v) is 27.5. The van der Waals surface area contributed by atoms with Gasteiger partial charge in [0.1, 0.15) is 6.04 Å². The predicted octanol–water partition coefficient (Wildman–Crippen LogP) is 6.84. The van der Waals surface area contributed by atoms with Crippen LogP contribution in [0.1, 0.15) is 80.4 Å². The average molecular weight is 616 g/mol. The second-order valence-electron chi connectivity index (χ2n) is 13.9. The third-order valence-corrected chi connectivity index (χ3v) is 8.75. The van der Waals surface area contributed by atoms with Gasteiger partial charge in [0.15, 0.2) is 5.78 Å². The quantitative estimate of drug-likeness (QED) is 0.171. The first-order valence-corrected chi connectivity index (χ1v) is 16.1. The van der Waals surface area contributed by atoms with E-state index in [9.17, 15) is 14.4 Å². The number of carbonyl (C=O) groups excluding carboxylic acids is 3. The number of benzene rings is 4. The van der Waals surface area contributed by atoms with Gasteiger partial charge in [-0.2, -0.15) is 0 Å². The summed E-state index contributed by atoms with van der Waals surface area (Å²) in [6, 6.07) is 33.8. The second-order valence-corrected chi connectivity index (χ2v) is 13.9. The van der Waals surface area contributed by atoms with Crippen LogP contribution < -0.4 is 16.0 Å². The minimum absolute atomic E-state index is 0.0308. The molecule has 1 saturated heterocycles. The third-order valence-electron chi connectivity index (χ3n) is 8.75. The number of rotatable bonds is 10. The Morgan fingerprint density at radius 2 is 1.28 bits per heavy atom. The van der Waals surface area contributed by atoms with Crippen molar-refractivity contribution in [3.05, 3.63) is 131 Å². The van der Waals surface area contributed by atoms with E-state index < -0.39 is 12.0 Å². The van der Waals surface area contributed by atoms with Gasteiger partial charge < -0.3 is 16.0 Å². The van der Waals surface area contributed by atoms with Crippen LogP contribution in [0.15, 0.2) is 109 Å². The first-order valence-electron chi connectivity index (χ1n) is 16.1. The molecule has 1 heterocycles. The summed E-state index contributed by atoms with van der Waals surface area (Å²) in [5.74, 6) is -1.13. The molecule has 6 heteroatoms. The molecule has 1 fully saturated rings. The predicted molar refractivity (Wildman–Crippen MR) is 185 cm³/mol. The zero-order chi connectivity index (χ0) is 32.9. The molecule has 1 aliphatic heterocycles. The lowest BCUT2D eigenvalue weighted by Crippen LogP contribution is -2.63. The molecule has 2 atom stereocenters. The van der Waals surface area contributed by atoms with Crippen molar-refractivity contribution in [1.29, 1.82) is 0 Å². The van der Waals surface area contributed by atoms with Crippen LogP contribution in [0.4, 0.5) is 0 Å². The highest BCUT2D eigenvalue weighted by Crippen LogP contribution is 2.29. The van der Waals surface area contributed by atoms with Crippen LogP contribution in [0.5, 0.6) is 0 Å². The maximum Gasteiger partial charge on any atom is 0.243 e. The van der Waals surface area contributed by atoms with E-state index in [0.717, 1.165) is 29.5 Å². The van der Waals surface area contributed by atoms with Crippen LogP contribution in [0.25, 0.3) is 11.1 Å². The number of hydrogen-bond acceptors (Lipinski definition) is 4. The smallest absolute Gasteiger partial charge is 0.243 e. The van der Waals surface area contributed by atoms with E-state index in [-0.39, 0.29) is 34.7 Å². The highest BCUT2D eigenvalue weighted by molar-refractivity contribution is 6.09. The molecule has 4 aromatic rings. The van der Waals surface area contributed by atoms with Gasteiger partial charge in [0.25, 0.3) is 0 Å². The minimum Gasteiger partial charge on any atom is -0.351 e. The third kappa shape index (κ3) is 8.38. The van der Waals surface area contributed by atoms with E-state index in [4.69, 9.17) is 0 Å². The van der Waals surface area contributed by atoms with Crippen LogP contribution >= 0.6 is 0 Å². The second kappa shape index (κ2) is 13.8. The number of ketones is 1. The molecule has 0 aliphatic carbocycles. The van der Waals surface area contributed by atoms with Gasteiger partial charge in [-0.05, 0) is 75.8 Å². The Morgan fingerprint density at radius 1 is 0.717 bits per heavy atom. The summed E-state index contributed by atoms with van der Waals surface area (Å²) in [7, 11) is 0. The van der Waals surface area contributed by atoms with E-state index in [2.05, 4.69) is 67.9 Å². The Bertz CT molecular complexity index is 1650. The molecule has 5 rings (SSSR count). The van der Waals surface area contributed by atoms with Crippen molar-refractivity contribution in [2.24, 2.45) is 0 Å². The molecular formula is C40H45N3O3. The summed E-state index contributed by atoms with van der Waals surface area (Å²) in [6.07, 6.45) is 1.92. The lowest BCUT2D eigenvalue weighted by Gasteiger charge is -2.46. The highest BCUT2D eigenvalue weighted by Gasteiger charge is 2.39. The first-order chi connectivity index (χ1) is 21.9. The number of amides is 2. The van der Waals surface area contributed by atoms with Crippen LogP contribution in [0.2, 0.25) is 0 Å². The average Bonchev–Trinajstić information content (AvgIpc) is 3.03. The van der Waals surface area contributed by atoms with Crippen molar-refractivity contribution in [2.75, 3.05) is 0 Å². The van der Waals surface area contributed by atoms with Crippen molar-refractivity contribution in [2.45, 2.75) is 83.0 Å². The molecule has 238 valence electrons. The summed E-state index contributed by atoms with van der Waals surface area (Å²) in [4.78, 5) is 40.8. The molecule has 2 amide bonds. The van der Waals surface area contributed by atoms with Gasteiger partial charge in [0, 0.05) is 34.7 Å².